The van der Waals surface area contributed by atoms with Crippen molar-refractivity contribution in [3.05, 3.63) is 29.3 Å². The summed E-state index contributed by atoms with van der Waals surface area (Å²) in [7, 11) is 0. The Bertz CT molecular complexity index is 930. The van der Waals surface area contributed by atoms with Crippen molar-refractivity contribution in [3.8, 4) is 5.75 Å². The zero-order valence-corrected chi connectivity index (χ0v) is 15.1. The molecule has 4 aliphatic rings. The molecule has 3 unspecified atom stereocenters. The van der Waals surface area contributed by atoms with Gasteiger partial charge in [0.2, 0.25) is 5.78 Å². The number of ketones is 2. The largest absolute Gasteiger partial charge is 0.508 e. The van der Waals surface area contributed by atoms with Gasteiger partial charge < -0.3 is 35.0 Å². The van der Waals surface area contributed by atoms with E-state index in [-0.39, 0.29) is 11.1 Å². The maximum atomic E-state index is 13.2. The maximum absolute atomic E-state index is 13.2. The van der Waals surface area contributed by atoms with Crippen LogP contribution in [0.15, 0.2) is 18.2 Å². The smallest absolute Gasteiger partial charge is 0.201 e. The van der Waals surface area contributed by atoms with Crippen LogP contribution >= 0.6 is 0 Å². The Morgan fingerprint density at radius 2 is 1.82 bits per heavy atom. The highest BCUT2D eigenvalue weighted by Crippen LogP contribution is 2.70. The molecule has 5 N–H and O–H groups in total. The molecular weight excluding hydrogens is 372 g/mol. The molecule has 0 aromatic heterocycles. The first kappa shape index (κ1) is 18.2. The Kier molecular flexibility index (Phi) is 3.24. The average Bonchev–Trinajstić information content (AvgIpc) is 3.57. The van der Waals surface area contributed by atoms with Crippen molar-refractivity contribution in [1.29, 1.82) is 0 Å². The van der Waals surface area contributed by atoms with Crippen molar-refractivity contribution >= 4 is 11.6 Å². The molecule has 28 heavy (non-hydrogen) atoms. The van der Waals surface area contributed by atoms with Crippen LogP contribution < -0.4 is 0 Å². The summed E-state index contributed by atoms with van der Waals surface area (Å²) < 4.78 is 10.7. The van der Waals surface area contributed by atoms with Crippen LogP contribution in [0.2, 0.25) is 0 Å². The predicted octanol–water partition coefficient (Wildman–Crippen LogP) is -1.41. The Morgan fingerprint density at radius 3 is 2.43 bits per heavy atom. The van der Waals surface area contributed by atoms with Crippen molar-refractivity contribution in [1.82, 2.24) is 0 Å². The van der Waals surface area contributed by atoms with Gasteiger partial charge in [-0.2, -0.15) is 0 Å². The van der Waals surface area contributed by atoms with Crippen LogP contribution in [0.4, 0.5) is 0 Å². The number of benzene rings is 1. The summed E-state index contributed by atoms with van der Waals surface area (Å²) in [6, 6.07) is 4.04. The van der Waals surface area contributed by atoms with Crippen LogP contribution in [-0.4, -0.2) is 78.3 Å². The fourth-order valence-electron chi connectivity index (χ4n) is 5.23. The highest BCUT2D eigenvalue weighted by molar-refractivity contribution is 6.10. The monoisotopic (exact) mass is 392 g/mol. The normalized spacial score (nSPS) is 51.0. The van der Waals surface area contributed by atoms with Crippen LogP contribution in [0.3, 0.4) is 0 Å². The van der Waals surface area contributed by atoms with Crippen LogP contribution in [0.25, 0.3) is 0 Å². The Morgan fingerprint density at radius 1 is 1.18 bits per heavy atom. The van der Waals surface area contributed by atoms with Gasteiger partial charge in [-0.05, 0) is 13.0 Å². The zero-order valence-electron chi connectivity index (χ0n) is 15.1. The fraction of sp³-hybridized carbons (Fsp3) is 0.579. The van der Waals surface area contributed by atoms with Crippen molar-refractivity contribution in [2.75, 3.05) is 0 Å². The molecule has 0 radical (unpaired) electrons. The number of aromatic hydroxyl groups is 1. The van der Waals surface area contributed by atoms with Crippen LogP contribution in [-0.2, 0) is 14.3 Å². The number of carbonyl (C=O) groups is 2. The van der Waals surface area contributed by atoms with Gasteiger partial charge in [0, 0.05) is 17.0 Å². The van der Waals surface area contributed by atoms with E-state index < -0.39 is 70.6 Å². The van der Waals surface area contributed by atoms with Crippen LogP contribution in [0.5, 0.6) is 5.75 Å². The molecule has 1 aromatic carbocycles. The first-order chi connectivity index (χ1) is 13.1. The van der Waals surface area contributed by atoms with Gasteiger partial charge in [-0.15, -0.1) is 0 Å². The number of hydrogen-bond acceptors (Lipinski definition) is 9. The summed E-state index contributed by atoms with van der Waals surface area (Å²) in [4.78, 5) is 26.1. The third-order valence-corrected chi connectivity index (χ3v) is 6.98. The van der Waals surface area contributed by atoms with E-state index in [1.54, 1.807) is 6.92 Å². The molecule has 0 bridgehead atoms. The number of Topliss-reactive ketones (excluding diaryl/α,β-unsaturated/α-hetero) is 2. The standard InChI is InChI=1S/C19H20O9/c1-6-12(21)18-13(22)8-4-3-5-9(20)10(8)14(23)19(18,28-18)16(25)17(6,26)15(24)11-7(2)27-11/h3-7,11-12,14,16,20-21,23,25-26H,1-2H3/t6?,7?,11?,12-,14-,16+,17-,18+,19+/m1/s1. The molecule has 5 rings (SSSR count). The zero-order chi connectivity index (χ0) is 20.4. The third kappa shape index (κ3) is 1.62. The molecule has 0 spiro atoms. The van der Waals surface area contributed by atoms with Crippen LogP contribution in [0.1, 0.15) is 35.9 Å². The molecular formula is C19H20O9. The number of phenolic OH excluding ortho intramolecular Hbond substituents is 1. The first-order valence-corrected chi connectivity index (χ1v) is 9.10. The number of rotatable bonds is 2. The Hall–Kier alpha value is -1.88. The maximum Gasteiger partial charge on any atom is 0.201 e. The summed E-state index contributed by atoms with van der Waals surface area (Å²) in [5.74, 6) is -3.25. The fourth-order valence-corrected chi connectivity index (χ4v) is 5.23. The topological polar surface area (TPSA) is 160 Å². The minimum atomic E-state index is -2.52. The molecule has 3 fully saturated rings. The molecule has 2 saturated heterocycles. The van der Waals surface area contributed by atoms with Gasteiger partial charge in [0.25, 0.3) is 0 Å². The number of epoxide rings is 2. The van der Waals surface area contributed by atoms with Gasteiger partial charge in [0.1, 0.15) is 24.1 Å². The molecule has 9 nitrogen and oxygen atoms in total. The number of ether oxygens (including phenoxy) is 2. The minimum absolute atomic E-state index is 0.0463. The molecule has 2 heterocycles. The van der Waals surface area contributed by atoms with Gasteiger partial charge in [0.15, 0.2) is 22.6 Å². The van der Waals surface area contributed by atoms with Gasteiger partial charge in [0.05, 0.1) is 12.2 Å². The molecule has 2 aliphatic heterocycles. The second-order valence-electron chi connectivity index (χ2n) is 8.19. The van der Waals surface area contributed by atoms with E-state index in [1.807, 2.05) is 0 Å². The summed E-state index contributed by atoms with van der Waals surface area (Å²) in [6.07, 6.45) is -6.89. The summed E-state index contributed by atoms with van der Waals surface area (Å²) >= 11 is 0. The highest BCUT2D eigenvalue weighted by Gasteiger charge is 2.92. The lowest BCUT2D eigenvalue weighted by atomic mass is 9.55. The molecule has 150 valence electrons. The molecule has 1 aromatic rings. The number of carbonyl (C=O) groups excluding carboxylic acids is 2. The Labute approximate surface area is 159 Å². The van der Waals surface area contributed by atoms with E-state index in [2.05, 4.69) is 0 Å². The minimum Gasteiger partial charge on any atom is -0.508 e. The van der Waals surface area contributed by atoms with E-state index in [9.17, 15) is 35.1 Å². The van der Waals surface area contributed by atoms with E-state index in [0.29, 0.717) is 0 Å². The summed E-state index contributed by atoms with van der Waals surface area (Å²) in [5.41, 5.74) is -6.92. The van der Waals surface area contributed by atoms with E-state index in [4.69, 9.17) is 9.47 Å². The number of hydrogen-bond donors (Lipinski definition) is 5. The molecule has 9 atom stereocenters. The van der Waals surface area contributed by atoms with Gasteiger partial charge in [-0.1, -0.05) is 19.1 Å². The molecule has 9 heteroatoms. The van der Waals surface area contributed by atoms with Crippen LogP contribution in [0, 0.1) is 5.92 Å². The summed E-state index contributed by atoms with van der Waals surface area (Å²) in [5, 5.41) is 54.4. The van der Waals surface area contributed by atoms with Gasteiger partial charge in [-0.25, -0.2) is 0 Å². The quantitative estimate of drug-likeness (QED) is 0.381. The molecule has 2 aliphatic carbocycles. The summed E-state index contributed by atoms with van der Waals surface area (Å²) in [6.45, 7) is 2.95. The Balaban J connectivity index is 1.70. The van der Waals surface area contributed by atoms with E-state index in [1.165, 1.54) is 25.1 Å². The average molecular weight is 392 g/mol. The van der Waals surface area contributed by atoms with Crippen molar-refractivity contribution < 1.29 is 44.6 Å². The second kappa shape index (κ2) is 4.99. The number of aliphatic hydroxyl groups is 4. The first-order valence-electron chi connectivity index (χ1n) is 9.10. The van der Waals surface area contributed by atoms with Crippen molar-refractivity contribution in [3.63, 3.8) is 0 Å². The van der Waals surface area contributed by atoms with E-state index >= 15 is 0 Å². The lowest BCUT2D eigenvalue weighted by molar-refractivity contribution is -0.198. The molecule has 0 amide bonds. The van der Waals surface area contributed by atoms with E-state index in [0.717, 1.165) is 0 Å². The van der Waals surface area contributed by atoms with Gasteiger partial charge in [-0.3, -0.25) is 9.59 Å². The predicted molar refractivity (Wildman–Crippen MR) is 89.4 cm³/mol. The SMILES string of the molecule is CC1OC1C(=O)[C@]1(O)C(C)[C@@H](O)[C@@]23O[C@@]2([C@H](O)c2c(O)cccc2C3=O)[C@H]1O. The molecule has 1 saturated carbocycles. The third-order valence-electron chi connectivity index (χ3n) is 6.98. The number of phenols is 1. The number of aliphatic hydroxyl groups excluding tert-OH is 3. The number of fused-ring (bicyclic) bond motifs is 1. The van der Waals surface area contributed by atoms with Crippen molar-refractivity contribution in [2.24, 2.45) is 5.92 Å². The van der Waals surface area contributed by atoms with Gasteiger partial charge >= 0.3 is 0 Å². The highest BCUT2D eigenvalue weighted by atomic mass is 16.7. The second-order valence-corrected chi connectivity index (χ2v) is 8.19. The van der Waals surface area contributed by atoms with Crippen molar-refractivity contribution in [2.45, 2.75) is 61.2 Å². The lowest BCUT2D eigenvalue weighted by Crippen LogP contribution is -2.74. The lowest BCUT2D eigenvalue weighted by Gasteiger charge is -2.49.